The van der Waals surface area contributed by atoms with Crippen molar-refractivity contribution in [3.63, 3.8) is 0 Å². The first-order chi connectivity index (χ1) is 6.69. The molecule has 1 heterocycles. The minimum atomic E-state index is -0.396. The van der Waals surface area contributed by atoms with Gasteiger partial charge in [-0.3, -0.25) is 4.79 Å². The lowest BCUT2D eigenvalue weighted by Crippen LogP contribution is -2.44. The van der Waals surface area contributed by atoms with Crippen LogP contribution in [0, 0.1) is 5.92 Å². The maximum atomic E-state index is 11.7. The van der Waals surface area contributed by atoms with Crippen LogP contribution in [0.4, 0.5) is 0 Å². The van der Waals surface area contributed by atoms with E-state index in [1.54, 1.807) is 4.90 Å². The highest BCUT2D eigenvalue weighted by molar-refractivity contribution is 6.30. The second-order valence-electron chi connectivity index (χ2n) is 3.85. The van der Waals surface area contributed by atoms with E-state index in [0.717, 1.165) is 19.4 Å². The normalized spacial score (nSPS) is 24.8. The van der Waals surface area contributed by atoms with Gasteiger partial charge in [-0.05, 0) is 25.2 Å². The van der Waals surface area contributed by atoms with Crippen molar-refractivity contribution in [2.24, 2.45) is 5.92 Å². The number of amides is 1. The molecule has 0 aromatic heterocycles. The summed E-state index contributed by atoms with van der Waals surface area (Å²) in [6.07, 6.45) is 2.66. The largest absolute Gasteiger partial charge is 0.396 e. The number of aliphatic hydroxyl groups excluding tert-OH is 1. The monoisotopic (exact) mass is 219 g/mol. The molecule has 0 aromatic rings. The van der Waals surface area contributed by atoms with Crippen molar-refractivity contribution in [3.05, 3.63) is 0 Å². The van der Waals surface area contributed by atoms with E-state index < -0.39 is 5.38 Å². The van der Waals surface area contributed by atoms with E-state index in [2.05, 4.69) is 0 Å². The molecule has 1 aliphatic heterocycles. The molecule has 0 aliphatic carbocycles. The van der Waals surface area contributed by atoms with Gasteiger partial charge in [0.05, 0.1) is 0 Å². The summed E-state index contributed by atoms with van der Waals surface area (Å²) in [5, 5.41) is 8.62. The highest BCUT2D eigenvalue weighted by Crippen LogP contribution is 2.18. The predicted octanol–water partition coefficient (Wildman–Crippen LogP) is 1.23. The number of nitrogens with zero attached hydrogens (tertiary/aromatic N) is 1. The summed E-state index contributed by atoms with van der Waals surface area (Å²) < 4.78 is 0. The van der Waals surface area contributed by atoms with Gasteiger partial charge >= 0.3 is 0 Å². The fraction of sp³-hybridized carbons (Fsp3) is 0.900. The highest BCUT2D eigenvalue weighted by atomic mass is 35.5. The van der Waals surface area contributed by atoms with E-state index in [1.165, 1.54) is 0 Å². The smallest absolute Gasteiger partial charge is 0.240 e. The van der Waals surface area contributed by atoms with Crippen LogP contribution in [-0.4, -0.2) is 41.0 Å². The average Bonchev–Trinajstić information content (AvgIpc) is 2.27. The molecule has 1 rings (SSSR count). The molecule has 0 unspecified atom stereocenters. The van der Waals surface area contributed by atoms with Crippen LogP contribution in [0.3, 0.4) is 0 Å². The standard InChI is InChI=1S/C10H18ClNO2/c1-2-9(11)10(14)12-5-3-4-8(6-12)7-13/h8-9,13H,2-7H2,1H3/t8-,9+/m1/s1. The third kappa shape index (κ3) is 2.85. The predicted molar refractivity (Wildman–Crippen MR) is 56.3 cm³/mol. The highest BCUT2D eigenvalue weighted by Gasteiger charge is 2.26. The number of carbonyl (C=O) groups is 1. The van der Waals surface area contributed by atoms with Crippen molar-refractivity contribution < 1.29 is 9.90 Å². The van der Waals surface area contributed by atoms with Crippen molar-refractivity contribution >= 4 is 17.5 Å². The molecule has 3 nitrogen and oxygen atoms in total. The number of alkyl halides is 1. The summed E-state index contributed by atoms with van der Waals surface area (Å²) in [6, 6.07) is 0. The quantitative estimate of drug-likeness (QED) is 0.726. The van der Waals surface area contributed by atoms with Crippen LogP contribution in [0.1, 0.15) is 26.2 Å². The van der Waals surface area contributed by atoms with Gasteiger partial charge in [-0.2, -0.15) is 0 Å². The minimum absolute atomic E-state index is 0.0207. The van der Waals surface area contributed by atoms with Crippen LogP contribution in [0.25, 0.3) is 0 Å². The molecule has 0 saturated carbocycles. The van der Waals surface area contributed by atoms with Gasteiger partial charge in [-0.15, -0.1) is 11.6 Å². The fourth-order valence-electron chi connectivity index (χ4n) is 1.79. The first-order valence-electron chi connectivity index (χ1n) is 5.22. The molecule has 14 heavy (non-hydrogen) atoms. The zero-order chi connectivity index (χ0) is 10.6. The summed E-state index contributed by atoms with van der Waals surface area (Å²) >= 11 is 5.89. The molecule has 2 atom stereocenters. The third-order valence-corrected chi connectivity index (χ3v) is 3.21. The van der Waals surface area contributed by atoms with Crippen molar-refractivity contribution in [1.82, 2.24) is 4.90 Å². The van der Waals surface area contributed by atoms with E-state index in [4.69, 9.17) is 16.7 Å². The molecule has 82 valence electrons. The molecule has 1 saturated heterocycles. The van der Waals surface area contributed by atoms with Crippen LogP contribution in [0.2, 0.25) is 0 Å². The topological polar surface area (TPSA) is 40.5 Å². The zero-order valence-corrected chi connectivity index (χ0v) is 9.33. The maximum Gasteiger partial charge on any atom is 0.240 e. The summed E-state index contributed by atoms with van der Waals surface area (Å²) in [6.45, 7) is 3.53. The molecule has 4 heteroatoms. The van der Waals surface area contributed by atoms with Gasteiger partial charge in [0.25, 0.3) is 0 Å². The molecular weight excluding hydrogens is 202 g/mol. The summed E-state index contributed by atoms with van der Waals surface area (Å²) in [5.41, 5.74) is 0. The fourth-order valence-corrected chi connectivity index (χ4v) is 1.92. The molecule has 1 aliphatic rings. The van der Waals surface area contributed by atoms with Gasteiger partial charge in [0.2, 0.25) is 5.91 Å². The average molecular weight is 220 g/mol. The molecular formula is C10H18ClNO2. The van der Waals surface area contributed by atoms with Gasteiger partial charge in [0, 0.05) is 19.7 Å². The van der Waals surface area contributed by atoms with Crippen molar-refractivity contribution in [2.75, 3.05) is 19.7 Å². The van der Waals surface area contributed by atoms with Gasteiger partial charge in [0.15, 0.2) is 0 Å². The number of rotatable bonds is 3. The first kappa shape index (κ1) is 11.8. The van der Waals surface area contributed by atoms with Crippen LogP contribution in [0.5, 0.6) is 0 Å². The number of hydrogen-bond donors (Lipinski definition) is 1. The molecule has 1 fully saturated rings. The van der Waals surface area contributed by atoms with Crippen LogP contribution >= 0.6 is 11.6 Å². The van der Waals surface area contributed by atoms with E-state index in [1.807, 2.05) is 6.92 Å². The van der Waals surface area contributed by atoms with E-state index >= 15 is 0 Å². The Hall–Kier alpha value is -0.280. The van der Waals surface area contributed by atoms with E-state index in [-0.39, 0.29) is 18.4 Å². The SMILES string of the molecule is CC[C@H](Cl)C(=O)N1CCC[C@@H](CO)C1. The Kier molecular flexibility index (Phi) is 4.69. The van der Waals surface area contributed by atoms with Crippen molar-refractivity contribution in [3.8, 4) is 0 Å². The Labute approximate surface area is 90.0 Å². The van der Waals surface area contributed by atoms with Crippen molar-refractivity contribution in [1.29, 1.82) is 0 Å². The Morgan fingerprint density at radius 1 is 1.71 bits per heavy atom. The lowest BCUT2D eigenvalue weighted by molar-refractivity contribution is -0.132. The third-order valence-electron chi connectivity index (χ3n) is 2.72. The molecule has 0 radical (unpaired) electrons. The Bertz CT molecular complexity index is 199. The van der Waals surface area contributed by atoms with Gasteiger partial charge in [-0.25, -0.2) is 0 Å². The number of halogens is 1. The molecule has 0 bridgehead atoms. The number of hydrogen-bond acceptors (Lipinski definition) is 2. The summed E-state index contributed by atoms with van der Waals surface area (Å²) in [5.74, 6) is 0.265. The number of aliphatic hydroxyl groups is 1. The van der Waals surface area contributed by atoms with Crippen molar-refractivity contribution in [2.45, 2.75) is 31.6 Å². The van der Waals surface area contributed by atoms with Crippen LogP contribution in [-0.2, 0) is 4.79 Å². The minimum Gasteiger partial charge on any atom is -0.396 e. The number of carbonyl (C=O) groups excluding carboxylic acids is 1. The van der Waals surface area contributed by atoms with E-state index in [0.29, 0.717) is 13.0 Å². The Balaban J connectivity index is 2.47. The molecule has 0 aromatic carbocycles. The van der Waals surface area contributed by atoms with Gasteiger partial charge < -0.3 is 10.0 Å². The summed E-state index contributed by atoms with van der Waals surface area (Å²) in [7, 11) is 0. The maximum absolute atomic E-state index is 11.7. The molecule has 1 N–H and O–H groups in total. The van der Waals surface area contributed by atoms with Crippen LogP contribution in [0.15, 0.2) is 0 Å². The second kappa shape index (κ2) is 5.56. The Morgan fingerprint density at radius 2 is 2.43 bits per heavy atom. The summed E-state index contributed by atoms with van der Waals surface area (Å²) in [4.78, 5) is 13.5. The molecule has 0 spiro atoms. The van der Waals surface area contributed by atoms with Crippen LogP contribution < -0.4 is 0 Å². The number of piperidine rings is 1. The lowest BCUT2D eigenvalue weighted by Gasteiger charge is -2.32. The van der Waals surface area contributed by atoms with Gasteiger partial charge in [0.1, 0.15) is 5.38 Å². The van der Waals surface area contributed by atoms with Gasteiger partial charge in [-0.1, -0.05) is 6.92 Å². The Morgan fingerprint density at radius 3 is 3.00 bits per heavy atom. The first-order valence-corrected chi connectivity index (χ1v) is 5.66. The lowest BCUT2D eigenvalue weighted by atomic mass is 9.99. The molecule has 1 amide bonds. The number of likely N-dealkylation sites (tertiary alicyclic amines) is 1. The van der Waals surface area contributed by atoms with E-state index in [9.17, 15) is 4.79 Å². The zero-order valence-electron chi connectivity index (χ0n) is 8.58. The second-order valence-corrected chi connectivity index (χ2v) is 4.38.